The van der Waals surface area contributed by atoms with Gasteiger partial charge in [0.2, 0.25) is 11.8 Å². The molecule has 0 saturated carbocycles. The van der Waals surface area contributed by atoms with E-state index in [1.165, 1.54) is 11.8 Å². The van der Waals surface area contributed by atoms with Crippen LogP contribution in [-0.4, -0.2) is 47.0 Å². The van der Waals surface area contributed by atoms with Gasteiger partial charge in [0, 0.05) is 29.9 Å². The Hall–Kier alpha value is -1.64. The molecule has 0 aliphatic carbocycles. The van der Waals surface area contributed by atoms with Crippen LogP contribution in [0.2, 0.25) is 0 Å². The van der Waals surface area contributed by atoms with Crippen LogP contribution in [-0.2, 0) is 9.53 Å². The number of hydrogen-bond donors (Lipinski definition) is 1. The number of ether oxygens (including phenoxy) is 2. The van der Waals surface area contributed by atoms with Crippen LogP contribution in [0.3, 0.4) is 0 Å². The summed E-state index contributed by atoms with van der Waals surface area (Å²) in [5.41, 5.74) is 0.983. The van der Waals surface area contributed by atoms with Crippen molar-refractivity contribution < 1.29 is 14.3 Å². The molecule has 1 aliphatic rings. The molecule has 2 aromatic rings. The summed E-state index contributed by atoms with van der Waals surface area (Å²) < 4.78 is 12.3. The molecular weight excluding hydrogens is 346 g/mol. The number of nitrogens with zero attached hydrogens (tertiary/aromatic N) is 2. The maximum absolute atomic E-state index is 12.2. The number of hydrogen-bond acceptors (Lipinski definition) is 7. The first-order chi connectivity index (χ1) is 11.7. The molecule has 1 amide bonds. The summed E-state index contributed by atoms with van der Waals surface area (Å²) in [6.45, 7) is 3.01. The van der Waals surface area contributed by atoms with Gasteiger partial charge in [-0.3, -0.25) is 4.79 Å². The highest BCUT2D eigenvalue weighted by Crippen LogP contribution is 2.22. The lowest BCUT2D eigenvalue weighted by atomic mass is 10.1. The van der Waals surface area contributed by atoms with Gasteiger partial charge in [-0.2, -0.15) is 0 Å². The second kappa shape index (κ2) is 8.46. The molecule has 1 N–H and O–H groups in total. The minimum Gasteiger partial charge on any atom is -0.470 e. The van der Waals surface area contributed by atoms with Gasteiger partial charge in [0.25, 0.3) is 0 Å². The smallest absolute Gasteiger partial charge is 0.230 e. The molecule has 128 valence electrons. The largest absolute Gasteiger partial charge is 0.470 e. The van der Waals surface area contributed by atoms with E-state index in [1.807, 2.05) is 24.4 Å². The van der Waals surface area contributed by atoms with E-state index in [1.54, 1.807) is 23.6 Å². The number of nitrogens with one attached hydrogen (secondary N) is 1. The molecule has 1 fully saturated rings. The third-order valence-electron chi connectivity index (χ3n) is 3.49. The van der Waals surface area contributed by atoms with E-state index >= 15 is 0 Å². The van der Waals surface area contributed by atoms with Crippen LogP contribution in [0.1, 0.15) is 12.1 Å². The van der Waals surface area contributed by atoms with Crippen molar-refractivity contribution in [1.82, 2.24) is 15.3 Å². The topological polar surface area (TPSA) is 73.3 Å². The standard InChI is InChI=1S/C16H19N3O3S2/c1-11-9-23-16(18-11)24-10-14(20)19-12-5-7-21-8-13(12)22-15-4-2-3-6-17-15/h2-4,6,9,12-13H,5,7-8,10H2,1H3,(H,19,20). The predicted molar refractivity (Wildman–Crippen MR) is 93.6 cm³/mol. The maximum Gasteiger partial charge on any atom is 0.230 e. The molecule has 2 atom stereocenters. The van der Waals surface area contributed by atoms with Gasteiger partial charge < -0.3 is 14.8 Å². The average Bonchev–Trinajstić information content (AvgIpc) is 3.01. The number of amides is 1. The first kappa shape index (κ1) is 17.2. The Kier molecular flexibility index (Phi) is 6.06. The number of aromatic nitrogens is 2. The summed E-state index contributed by atoms with van der Waals surface area (Å²) >= 11 is 3.01. The minimum atomic E-state index is -0.232. The molecule has 1 saturated heterocycles. The molecule has 0 spiro atoms. The monoisotopic (exact) mass is 365 g/mol. The van der Waals surface area contributed by atoms with Gasteiger partial charge in [0.1, 0.15) is 6.10 Å². The molecule has 2 aromatic heterocycles. The van der Waals surface area contributed by atoms with Crippen LogP contribution in [0.25, 0.3) is 0 Å². The lowest BCUT2D eigenvalue weighted by Crippen LogP contribution is -2.51. The highest BCUT2D eigenvalue weighted by atomic mass is 32.2. The number of pyridine rings is 1. The Morgan fingerprint density at radius 2 is 2.46 bits per heavy atom. The van der Waals surface area contributed by atoms with E-state index in [0.717, 1.165) is 16.5 Å². The predicted octanol–water partition coefficient (Wildman–Crippen LogP) is 2.29. The molecule has 1 aliphatic heterocycles. The van der Waals surface area contributed by atoms with Crippen molar-refractivity contribution >= 4 is 29.0 Å². The molecule has 24 heavy (non-hydrogen) atoms. The van der Waals surface area contributed by atoms with E-state index in [4.69, 9.17) is 9.47 Å². The van der Waals surface area contributed by atoms with Crippen molar-refractivity contribution in [3.8, 4) is 5.88 Å². The van der Waals surface area contributed by atoms with Crippen LogP contribution < -0.4 is 10.1 Å². The van der Waals surface area contributed by atoms with Crippen LogP contribution in [0.15, 0.2) is 34.1 Å². The molecule has 3 heterocycles. The van der Waals surface area contributed by atoms with Crippen molar-refractivity contribution in [3.63, 3.8) is 0 Å². The number of thiazole rings is 1. The third kappa shape index (κ3) is 4.93. The van der Waals surface area contributed by atoms with Gasteiger partial charge in [0.05, 0.1) is 18.4 Å². The van der Waals surface area contributed by atoms with Gasteiger partial charge in [0.15, 0.2) is 4.34 Å². The summed E-state index contributed by atoms with van der Waals surface area (Å²) in [5, 5.41) is 5.03. The quantitative estimate of drug-likeness (QED) is 0.792. The Morgan fingerprint density at radius 3 is 3.21 bits per heavy atom. The van der Waals surface area contributed by atoms with Crippen LogP contribution in [0.4, 0.5) is 0 Å². The normalized spacial score (nSPS) is 20.5. The summed E-state index contributed by atoms with van der Waals surface area (Å²) in [6, 6.07) is 5.42. The molecule has 3 rings (SSSR count). The highest BCUT2D eigenvalue weighted by molar-refractivity contribution is 8.01. The van der Waals surface area contributed by atoms with Crippen LogP contribution >= 0.6 is 23.1 Å². The molecule has 0 bridgehead atoms. The lowest BCUT2D eigenvalue weighted by molar-refractivity contribution is -0.121. The Balaban J connectivity index is 1.52. The summed E-state index contributed by atoms with van der Waals surface area (Å²) in [5.74, 6) is 0.870. The second-order valence-electron chi connectivity index (χ2n) is 5.41. The fraction of sp³-hybridized carbons (Fsp3) is 0.438. The maximum atomic E-state index is 12.2. The van der Waals surface area contributed by atoms with Crippen molar-refractivity contribution in [1.29, 1.82) is 0 Å². The molecule has 0 radical (unpaired) electrons. The van der Waals surface area contributed by atoms with Crippen LogP contribution in [0, 0.1) is 6.92 Å². The van der Waals surface area contributed by atoms with E-state index in [9.17, 15) is 4.79 Å². The number of rotatable bonds is 6. The van der Waals surface area contributed by atoms with E-state index in [0.29, 0.717) is 24.8 Å². The summed E-state index contributed by atoms with van der Waals surface area (Å²) in [4.78, 5) is 20.7. The molecular formula is C16H19N3O3S2. The number of carbonyl (C=O) groups is 1. The van der Waals surface area contributed by atoms with Crippen molar-refractivity contribution in [3.05, 3.63) is 35.5 Å². The molecule has 8 heteroatoms. The van der Waals surface area contributed by atoms with E-state index < -0.39 is 0 Å². The van der Waals surface area contributed by atoms with Gasteiger partial charge in [-0.25, -0.2) is 9.97 Å². The third-order valence-corrected chi connectivity index (χ3v) is 5.62. The van der Waals surface area contributed by atoms with Gasteiger partial charge >= 0.3 is 0 Å². The Labute approximate surface area is 149 Å². The van der Waals surface area contributed by atoms with Gasteiger partial charge in [-0.05, 0) is 19.4 Å². The van der Waals surface area contributed by atoms with Crippen molar-refractivity contribution in [2.24, 2.45) is 0 Å². The zero-order chi connectivity index (χ0) is 16.8. The number of aryl methyl sites for hydroxylation is 1. The zero-order valence-electron chi connectivity index (χ0n) is 13.3. The number of thioether (sulfide) groups is 1. The number of carbonyl (C=O) groups excluding carboxylic acids is 1. The first-order valence-electron chi connectivity index (χ1n) is 7.70. The fourth-order valence-electron chi connectivity index (χ4n) is 2.34. The fourth-order valence-corrected chi connectivity index (χ4v) is 4.00. The SMILES string of the molecule is Cc1csc(SCC(=O)NC2CCOCC2Oc2ccccn2)n1. The zero-order valence-corrected chi connectivity index (χ0v) is 14.9. The van der Waals surface area contributed by atoms with Crippen molar-refractivity contribution in [2.75, 3.05) is 19.0 Å². The summed E-state index contributed by atoms with van der Waals surface area (Å²) in [7, 11) is 0. The second-order valence-corrected chi connectivity index (χ2v) is 7.49. The lowest BCUT2D eigenvalue weighted by Gasteiger charge is -2.32. The minimum absolute atomic E-state index is 0.0191. The molecule has 0 aromatic carbocycles. The Morgan fingerprint density at radius 1 is 1.54 bits per heavy atom. The van der Waals surface area contributed by atoms with Gasteiger partial charge in [-0.15, -0.1) is 11.3 Å². The van der Waals surface area contributed by atoms with E-state index in [-0.39, 0.29) is 18.1 Å². The summed E-state index contributed by atoms with van der Waals surface area (Å²) in [6.07, 6.45) is 2.17. The highest BCUT2D eigenvalue weighted by Gasteiger charge is 2.29. The average molecular weight is 365 g/mol. The van der Waals surface area contributed by atoms with Crippen molar-refractivity contribution in [2.45, 2.75) is 29.8 Å². The first-order valence-corrected chi connectivity index (χ1v) is 9.57. The van der Waals surface area contributed by atoms with E-state index in [2.05, 4.69) is 15.3 Å². The molecule has 6 nitrogen and oxygen atoms in total. The van der Waals surface area contributed by atoms with Crippen LogP contribution in [0.5, 0.6) is 5.88 Å². The Bertz CT molecular complexity index is 666. The molecule has 2 unspecified atom stereocenters. The van der Waals surface area contributed by atoms with Gasteiger partial charge in [-0.1, -0.05) is 17.8 Å².